The molecule has 1 fully saturated rings. The molecule has 1 aliphatic rings. The van der Waals surface area contributed by atoms with Crippen molar-refractivity contribution in [2.24, 2.45) is 0 Å². The van der Waals surface area contributed by atoms with Crippen LogP contribution in [-0.2, 0) is 4.79 Å². The van der Waals surface area contributed by atoms with E-state index in [4.69, 9.17) is 0 Å². The normalized spacial score (nSPS) is 19.2. The molecule has 108 valence electrons. The quantitative estimate of drug-likeness (QED) is 0.868. The van der Waals surface area contributed by atoms with Gasteiger partial charge in [-0.15, -0.1) is 0 Å². The lowest BCUT2D eigenvalue weighted by Gasteiger charge is -2.27. The van der Waals surface area contributed by atoms with Gasteiger partial charge in [0.15, 0.2) is 0 Å². The second-order valence-corrected chi connectivity index (χ2v) is 5.02. The minimum atomic E-state index is -0.940. The number of carboxylic acids is 1. The Bertz CT molecular complexity index is 504. The zero-order valence-corrected chi connectivity index (χ0v) is 11.5. The van der Waals surface area contributed by atoms with E-state index in [0.29, 0.717) is 18.7 Å². The number of pyridine rings is 1. The van der Waals surface area contributed by atoms with Gasteiger partial charge in [0, 0.05) is 12.7 Å². The minimum absolute atomic E-state index is 0.365. The fourth-order valence-electron chi connectivity index (χ4n) is 2.39. The lowest BCUT2D eigenvalue weighted by Crippen LogP contribution is -2.46. The first-order chi connectivity index (χ1) is 9.59. The lowest BCUT2D eigenvalue weighted by atomic mass is 10.1. The van der Waals surface area contributed by atoms with Gasteiger partial charge >= 0.3 is 12.0 Å². The number of aryl methyl sites for hydroxylation is 1. The molecule has 2 amide bonds. The van der Waals surface area contributed by atoms with Crippen LogP contribution in [0.1, 0.15) is 31.2 Å². The maximum atomic E-state index is 12.3. The predicted octanol–water partition coefficient (Wildman–Crippen LogP) is 2.25. The van der Waals surface area contributed by atoms with Crippen LogP contribution < -0.4 is 5.32 Å². The monoisotopic (exact) mass is 277 g/mol. The number of amides is 2. The van der Waals surface area contributed by atoms with Gasteiger partial charge < -0.3 is 15.3 Å². The van der Waals surface area contributed by atoms with Crippen LogP contribution in [0.3, 0.4) is 0 Å². The Labute approximate surface area is 117 Å². The summed E-state index contributed by atoms with van der Waals surface area (Å²) in [5.41, 5.74) is 1.51. The number of urea groups is 1. The van der Waals surface area contributed by atoms with Crippen molar-refractivity contribution in [2.75, 3.05) is 11.9 Å². The summed E-state index contributed by atoms with van der Waals surface area (Å²) in [6, 6.07) is 0.692. The van der Waals surface area contributed by atoms with E-state index < -0.39 is 12.0 Å². The summed E-state index contributed by atoms with van der Waals surface area (Å²) in [7, 11) is 0. The second-order valence-electron chi connectivity index (χ2n) is 5.02. The van der Waals surface area contributed by atoms with Crippen LogP contribution in [0.5, 0.6) is 0 Å². The number of hydrogen-bond acceptors (Lipinski definition) is 3. The van der Waals surface area contributed by atoms with Gasteiger partial charge in [0.2, 0.25) is 0 Å². The van der Waals surface area contributed by atoms with Crippen LogP contribution in [0.25, 0.3) is 0 Å². The summed E-state index contributed by atoms with van der Waals surface area (Å²) in [5.74, 6) is -0.940. The standard InChI is InChI=1S/C14H19N3O3/c1-10-6-7-15-9-11(10)16-14(20)17-8-4-2-3-5-12(17)13(18)19/h6-7,9,12H,2-5,8H2,1H3,(H,16,20)(H,18,19). The Morgan fingerprint density at radius 1 is 1.40 bits per heavy atom. The molecule has 0 bridgehead atoms. The van der Waals surface area contributed by atoms with Crippen molar-refractivity contribution in [1.82, 2.24) is 9.88 Å². The average Bonchev–Trinajstić information content (AvgIpc) is 2.67. The van der Waals surface area contributed by atoms with Gasteiger partial charge in [-0.1, -0.05) is 12.8 Å². The number of aliphatic carboxylic acids is 1. The molecule has 0 radical (unpaired) electrons. The number of anilines is 1. The van der Waals surface area contributed by atoms with Gasteiger partial charge in [0.25, 0.3) is 0 Å². The number of rotatable bonds is 2. The number of aromatic nitrogens is 1. The van der Waals surface area contributed by atoms with Crippen LogP contribution in [0, 0.1) is 6.92 Å². The van der Waals surface area contributed by atoms with E-state index in [1.807, 2.05) is 6.92 Å². The van der Waals surface area contributed by atoms with E-state index in [2.05, 4.69) is 10.3 Å². The summed E-state index contributed by atoms with van der Waals surface area (Å²) >= 11 is 0. The third kappa shape index (κ3) is 3.26. The van der Waals surface area contributed by atoms with Crippen LogP contribution in [0.15, 0.2) is 18.5 Å². The highest BCUT2D eigenvalue weighted by Gasteiger charge is 2.30. The SMILES string of the molecule is Cc1ccncc1NC(=O)N1CCCCCC1C(=O)O. The van der Waals surface area contributed by atoms with Crippen LogP contribution >= 0.6 is 0 Å². The molecule has 6 heteroatoms. The first-order valence-electron chi connectivity index (χ1n) is 6.80. The van der Waals surface area contributed by atoms with Gasteiger partial charge in [-0.25, -0.2) is 9.59 Å². The van der Waals surface area contributed by atoms with Gasteiger partial charge in [-0.3, -0.25) is 4.98 Å². The minimum Gasteiger partial charge on any atom is -0.480 e. The number of likely N-dealkylation sites (tertiary alicyclic amines) is 1. The van der Waals surface area contributed by atoms with Crippen molar-refractivity contribution in [2.45, 2.75) is 38.6 Å². The highest BCUT2D eigenvalue weighted by atomic mass is 16.4. The zero-order chi connectivity index (χ0) is 14.5. The Balaban J connectivity index is 2.13. The van der Waals surface area contributed by atoms with Gasteiger partial charge in [-0.2, -0.15) is 0 Å². The fourth-order valence-corrected chi connectivity index (χ4v) is 2.39. The third-order valence-electron chi connectivity index (χ3n) is 3.58. The summed E-state index contributed by atoms with van der Waals surface area (Å²) in [5, 5.41) is 12.0. The molecule has 0 aliphatic carbocycles. The summed E-state index contributed by atoms with van der Waals surface area (Å²) < 4.78 is 0. The summed E-state index contributed by atoms with van der Waals surface area (Å²) in [6.07, 6.45) is 6.36. The van der Waals surface area contributed by atoms with Crippen molar-refractivity contribution in [1.29, 1.82) is 0 Å². The average molecular weight is 277 g/mol. The number of carboxylic acid groups (broad SMARTS) is 1. The maximum Gasteiger partial charge on any atom is 0.326 e. The molecule has 1 unspecified atom stereocenters. The predicted molar refractivity (Wildman–Crippen MR) is 74.6 cm³/mol. The van der Waals surface area contributed by atoms with E-state index in [1.54, 1.807) is 18.5 Å². The molecule has 0 saturated carbocycles. The molecule has 2 N–H and O–H groups in total. The van der Waals surface area contributed by atoms with E-state index in [1.165, 1.54) is 4.90 Å². The highest BCUT2D eigenvalue weighted by Crippen LogP contribution is 2.19. The Morgan fingerprint density at radius 2 is 2.20 bits per heavy atom. The topological polar surface area (TPSA) is 82.5 Å². The number of carbonyl (C=O) groups excluding carboxylic acids is 1. The summed E-state index contributed by atoms with van der Waals surface area (Å²) in [6.45, 7) is 2.34. The van der Waals surface area contributed by atoms with E-state index in [0.717, 1.165) is 24.8 Å². The van der Waals surface area contributed by atoms with Gasteiger partial charge in [0.05, 0.1) is 11.9 Å². The van der Waals surface area contributed by atoms with Crippen LogP contribution in [0.4, 0.5) is 10.5 Å². The summed E-state index contributed by atoms with van der Waals surface area (Å²) in [4.78, 5) is 29.0. The van der Waals surface area contributed by atoms with Crippen LogP contribution in [-0.4, -0.2) is 39.6 Å². The second kappa shape index (κ2) is 6.36. The molecule has 1 aromatic heterocycles. The van der Waals surface area contributed by atoms with Crippen molar-refractivity contribution in [3.63, 3.8) is 0 Å². The van der Waals surface area contributed by atoms with E-state index in [-0.39, 0.29) is 6.03 Å². The molecule has 6 nitrogen and oxygen atoms in total. The number of nitrogens with one attached hydrogen (secondary N) is 1. The largest absolute Gasteiger partial charge is 0.480 e. The molecule has 1 atom stereocenters. The molecule has 1 aromatic rings. The van der Waals surface area contributed by atoms with E-state index in [9.17, 15) is 14.7 Å². The maximum absolute atomic E-state index is 12.3. The molecule has 1 aliphatic heterocycles. The van der Waals surface area contributed by atoms with Gasteiger partial charge in [0.1, 0.15) is 6.04 Å². The number of nitrogens with zero attached hydrogens (tertiary/aromatic N) is 2. The molecule has 20 heavy (non-hydrogen) atoms. The van der Waals surface area contributed by atoms with E-state index >= 15 is 0 Å². The Kier molecular flexibility index (Phi) is 4.55. The zero-order valence-electron chi connectivity index (χ0n) is 11.5. The van der Waals surface area contributed by atoms with Crippen molar-refractivity contribution in [3.8, 4) is 0 Å². The molecular formula is C14H19N3O3. The van der Waals surface area contributed by atoms with Gasteiger partial charge in [-0.05, 0) is 31.4 Å². The van der Waals surface area contributed by atoms with Crippen molar-refractivity contribution >= 4 is 17.7 Å². The number of carbonyl (C=O) groups is 2. The highest BCUT2D eigenvalue weighted by molar-refractivity contribution is 5.92. The Morgan fingerprint density at radius 3 is 2.90 bits per heavy atom. The molecule has 2 heterocycles. The van der Waals surface area contributed by atoms with Crippen LogP contribution in [0.2, 0.25) is 0 Å². The molecular weight excluding hydrogens is 258 g/mol. The molecule has 2 rings (SSSR count). The number of hydrogen-bond donors (Lipinski definition) is 2. The third-order valence-corrected chi connectivity index (χ3v) is 3.58. The molecule has 1 saturated heterocycles. The van der Waals surface area contributed by atoms with Crippen molar-refractivity contribution < 1.29 is 14.7 Å². The fraction of sp³-hybridized carbons (Fsp3) is 0.500. The van der Waals surface area contributed by atoms with Crippen molar-refractivity contribution in [3.05, 3.63) is 24.0 Å². The molecule has 0 aromatic carbocycles. The molecule has 0 spiro atoms. The Hall–Kier alpha value is -2.11. The first-order valence-corrected chi connectivity index (χ1v) is 6.80. The first kappa shape index (κ1) is 14.3. The smallest absolute Gasteiger partial charge is 0.326 e. The lowest BCUT2D eigenvalue weighted by molar-refractivity contribution is -0.142.